The van der Waals surface area contributed by atoms with E-state index < -0.39 is 0 Å². The standard InChI is InChI=1S/C17H22FN3/c1-21(2)8-4-5-12-9-13(11-14(18)10-12)15-6-3-7-16(19)17(15)20/h3,6-7,9-11H,4-5,8,19-20H2,1-2H3. The summed E-state index contributed by atoms with van der Waals surface area (Å²) >= 11 is 0. The first-order valence-electron chi connectivity index (χ1n) is 7.06. The first-order valence-corrected chi connectivity index (χ1v) is 7.06. The average molecular weight is 287 g/mol. The summed E-state index contributed by atoms with van der Waals surface area (Å²) in [4.78, 5) is 2.12. The van der Waals surface area contributed by atoms with E-state index in [1.54, 1.807) is 12.1 Å². The Bertz CT molecular complexity index is 623. The summed E-state index contributed by atoms with van der Waals surface area (Å²) in [5.74, 6) is -0.242. The van der Waals surface area contributed by atoms with E-state index in [1.165, 1.54) is 6.07 Å². The second kappa shape index (κ2) is 6.59. The van der Waals surface area contributed by atoms with E-state index in [0.29, 0.717) is 11.4 Å². The molecule has 0 atom stereocenters. The third kappa shape index (κ3) is 3.95. The van der Waals surface area contributed by atoms with Crippen molar-refractivity contribution in [3.8, 4) is 11.1 Å². The summed E-state index contributed by atoms with van der Waals surface area (Å²) in [6, 6.07) is 10.5. The van der Waals surface area contributed by atoms with Crippen LogP contribution < -0.4 is 11.5 Å². The van der Waals surface area contributed by atoms with Crippen molar-refractivity contribution in [2.45, 2.75) is 12.8 Å². The van der Waals surface area contributed by atoms with Crippen LogP contribution >= 0.6 is 0 Å². The van der Waals surface area contributed by atoms with Gasteiger partial charge >= 0.3 is 0 Å². The number of anilines is 2. The predicted molar refractivity (Wildman–Crippen MR) is 87.5 cm³/mol. The first kappa shape index (κ1) is 15.3. The Balaban J connectivity index is 2.28. The molecule has 0 heterocycles. The average Bonchev–Trinajstić information content (AvgIpc) is 2.41. The molecule has 3 nitrogen and oxygen atoms in total. The van der Waals surface area contributed by atoms with Gasteiger partial charge < -0.3 is 16.4 Å². The molecule has 112 valence electrons. The largest absolute Gasteiger partial charge is 0.397 e. The lowest BCUT2D eigenvalue weighted by Gasteiger charge is -2.12. The number of hydrogen-bond acceptors (Lipinski definition) is 3. The molecule has 0 saturated heterocycles. The first-order chi connectivity index (χ1) is 9.97. The summed E-state index contributed by atoms with van der Waals surface area (Å²) in [6.07, 6.45) is 1.83. The van der Waals surface area contributed by atoms with Crippen molar-refractivity contribution in [3.05, 3.63) is 47.8 Å². The van der Waals surface area contributed by atoms with E-state index in [1.807, 2.05) is 32.3 Å². The van der Waals surface area contributed by atoms with Gasteiger partial charge in [0.2, 0.25) is 0 Å². The number of rotatable bonds is 5. The van der Waals surface area contributed by atoms with Crippen LogP contribution in [0.2, 0.25) is 0 Å². The van der Waals surface area contributed by atoms with Gasteiger partial charge in [-0.3, -0.25) is 0 Å². The van der Waals surface area contributed by atoms with E-state index in [0.717, 1.165) is 36.1 Å². The van der Waals surface area contributed by atoms with Gasteiger partial charge in [-0.2, -0.15) is 0 Å². The Morgan fingerprint density at radius 3 is 2.57 bits per heavy atom. The second-order valence-corrected chi connectivity index (χ2v) is 5.56. The topological polar surface area (TPSA) is 55.3 Å². The zero-order chi connectivity index (χ0) is 15.4. The van der Waals surface area contributed by atoms with Crippen LogP contribution in [0.25, 0.3) is 11.1 Å². The van der Waals surface area contributed by atoms with Crippen LogP contribution in [0.3, 0.4) is 0 Å². The third-order valence-corrected chi connectivity index (χ3v) is 3.48. The molecule has 0 spiro atoms. The maximum absolute atomic E-state index is 13.8. The molecule has 0 aromatic heterocycles. The monoisotopic (exact) mass is 287 g/mol. The van der Waals surface area contributed by atoms with E-state index in [-0.39, 0.29) is 5.82 Å². The van der Waals surface area contributed by atoms with Gasteiger partial charge in [0.15, 0.2) is 0 Å². The third-order valence-electron chi connectivity index (χ3n) is 3.48. The van der Waals surface area contributed by atoms with Crippen LogP contribution in [0.4, 0.5) is 15.8 Å². The smallest absolute Gasteiger partial charge is 0.124 e. The lowest BCUT2D eigenvalue weighted by atomic mass is 9.98. The molecule has 2 aromatic carbocycles. The van der Waals surface area contributed by atoms with E-state index in [4.69, 9.17) is 11.5 Å². The van der Waals surface area contributed by atoms with Gasteiger partial charge in [-0.15, -0.1) is 0 Å². The van der Waals surface area contributed by atoms with Crippen LogP contribution in [0.1, 0.15) is 12.0 Å². The van der Waals surface area contributed by atoms with Gasteiger partial charge in [0, 0.05) is 5.56 Å². The molecule has 0 saturated carbocycles. The highest BCUT2D eigenvalue weighted by Crippen LogP contribution is 2.31. The number of nitrogens with two attached hydrogens (primary N) is 2. The highest BCUT2D eigenvalue weighted by Gasteiger charge is 2.08. The van der Waals surface area contributed by atoms with Crippen LogP contribution in [0.15, 0.2) is 36.4 Å². The van der Waals surface area contributed by atoms with Crippen LogP contribution in [0.5, 0.6) is 0 Å². The van der Waals surface area contributed by atoms with Gasteiger partial charge in [0.1, 0.15) is 5.82 Å². The number of nitrogen functional groups attached to an aromatic ring is 2. The summed E-state index contributed by atoms with van der Waals surface area (Å²) < 4.78 is 13.8. The summed E-state index contributed by atoms with van der Waals surface area (Å²) in [6.45, 7) is 0.978. The van der Waals surface area contributed by atoms with Gasteiger partial charge in [-0.1, -0.05) is 18.2 Å². The maximum atomic E-state index is 13.8. The molecule has 0 amide bonds. The van der Waals surface area contributed by atoms with Crippen LogP contribution in [-0.2, 0) is 6.42 Å². The van der Waals surface area contributed by atoms with Gasteiger partial charge in [-0.05, 0) is 62.8 Å². The number of nitrogens with zero attached hydrogens (tertiary/aromatic N) is 1. The molecule has 0 unspecified atom stereocenters. The lowest BCUT2D eigenvalue weighted by molar-refractivity contribution is 0.400. The number of benzene rings is 2. The highest BCUT2D eigenvalue weighted by molar-refractivity contribution is 5.84. The van der Waals surface area contributed by atoms with Crippen LogP contribution in [0, 0.1) is 5.82 Å². The van der Waals surface area contributed by atoms with Crippen LogP contribution in [-0.4, -0.2) is 25.5 Å². The number of para-hydroxylation sites is 1. The minimum atomic E-state index is -0.242. The maximum Gasteiger partial charge on any atom is 0.124 e. The molecular weight excluding hydrogens is 265 g/mol. The highest BCUT2D eigenvalue weighted by atomic mass is 19.1. The van der Waals surface area contributed by atoms with E-state index in [9.17, 15) is 4.39 Å². The molecule has 0 aliphatic heterocycles. The molecule has 0 fully saturated rings. The Kier molecular flexibility index (Phi) is 4.81. The molecule has 0 aliphatic rings. The molecule has 2 rings (SSSR count). The van der Waals surface area contributed by atoms with Crippen molar-refractivity contribution >= 4 is 11.4 Å². The van der Waals surface area contributed by atoms with Crippen molar-refractivity contribution < 1.29 is 4.39 Å². The quantitative estimate of drug-likeness (QED) is 0.831. The van der Waals surface area contributed by atoms with Crippen molar-refractivity contribution in [2.24, 2.45) is 0 Å². The van der Waals surface area contributed by atoms with Crippen molar-refractivity contribution in [1.82, 2.24) is 4.90 Å². The molecule has 0 radical (unpaired) electrons. The van der Waals surface area contributed by atoms with Gasteiger partial charge in [-0.25, -0.2) is 4.39 Å². The molecule has 4 N–H and O–H groups in total. The van der Waals surface area contributed by atoms with Gasteiger partial charge in [0.25, 0.3) is 0 Å². The Morgan fingerprint density at radius 2 is 1.86 bits per heavy atom. The Hall–Kier alpha value is -2.07. The molecule has 2 aromatic rings. The second-order valence-electron chi connectivity index (χ2n) is 5.56. The van der Waals surface area contributed by atoms with Gasteiger partial charge in [0.05, 0.1) is 11.4 Å². The fourth-order valence-corrected chi connectivity index (χ4v) is 2.38. The fourth-order valence-electron chi connectivity index (χ4n) is 2.38. The SMILES string of the molecule is CN(C)CCCc1cc(F)cc(-c2cccc(N)c2N)c1. The normalized spacial score (nSPS) is 11.0. The summed E-state index contributed by atoms with van der Waals surface area (Å²) in [7, 11) is 4.06. The molecule has 0 aliphatic carbocycles. The molecule has 21 heavy (non-hydrogen) atoms. The number of aryl methyl sites for hydroxylation is 1. The van der Waals surface area contributed by atoms with E-state index in [2.05, 4.69) is 4.90 Å². The minimum Gasteiger partial charge on any atom is -0.397 e. The minimum absolute atomic E-state index is 0.242. The molecular formula is C17H22FN3. The molecule has 4 heteroatoms. The molecule has 0 bridgehead atoms. The zero-order valence-corrected chi connectivity index (χ0v) is 12.6. The number of hydrogen-bond donors (Lipinski definition) is 2. The summed E-state index contributed by atoms with van der Waals surface area (Å²) in [5, 5.41) is 0. The Morgan fingerprint density at radius 1 is 1.10 bits per heavy atom. The zero-order valence-electron chi connectivity index (χ0n) is 12.6. The predicted octanol–water partition coefficient (Wildman–Crippen LogP) is 3.15. The number of halogens is 1. The van der Waals surface area contributed by atoms with Crippen molar-refractivity contribution in [3.63, 3.8) is 0 Å². The van der Waals surface area contributed by atoms with Crippen molar-refractivity contribution in [1.29, 1.82) is 0 Å². The summed E-state index contributed by atoms with van der Waals surface area (Å²) in [5.41, 5.74) is 15.4. The Labute approximate surface area is 125 Å². The van der Waals surface area contributed by atoms with E-state index >= 15 is 0 Å². The lowest BCUT2D eigenvalue weighted by Crippen LogP contribution is -2.13. The fraction of sp³-hybridized carbons (Fsp3) is 0.294. The van der Waals surface area contributed by atoms with Crippen molar-refractivity contribution in [2.75, 3.05) is 32.1 Å².